The Bertz CT molecular complexity index is 668. The Balaban J connectivity index is 1.41. The number of nitrogens with zero attached hydrogens (tertiary/aromatic N) is 3. The molecular formula is C19H24N4O2. The number of ether oxygens (including phenoxy) is 1. The first-order valence-corrected chi connectivity index (χ1v) is 8.52. The zero-order chi connectivity index (χ0) is 17.5. The molecule has 0 atom stereocenters. The number of carbonyl (C=O) groups excluding carboxylic acids is 1. The predicted molar refractivity (Wildman–Crippen MR) is 96.3 cm³/mol. The van der Waals surface area contributed by atoms with Gasteiger partial charge in [-0.15, -0.1) is 0 Å². The van der Waals surface area contributed by atoms with Gasteiger partial charge in [0.15, 0.2) is 0 Å². The summed E-state index contributed by atoms with van der Waals surface area (Å²) in [5.74, 6) is 0.574. The lowest BCUT2D eigenvalue weighted by Gasteiger charge is -2.34. The molecule has 1 aliphatic rings. The van der Waals surface area contributed by atoms with Crippen LogP contribution in [0.5, 0.6) is 5.88 Å². The molecular weight excluding hydrogens is 316 g/mol. The lowest BCUT2D eigenvalue weighted by atomic mass is 10.2. The zero-order valence-electron chi connectivity index (χ0n) is 14.5. The molecule has 0 bridgehead atoms. The number of urea groups is 1. The third-order valence-corrected chi connectivity index (χ3v) is 4.36. The van der Waals surface area contributed by atoms with Crippen molar-refractivity contribution in [3.63, 3.8) is 0 Å². The maximum atomic E-state index is 12.3. The van der Waals surface area contributed by atoms with Crippen LogP contribution < -0.4 is 10.1 Å². The molecule has 132 valence electrons. The number of rotatable bonds is 5. The van der Waals surface area contributed by atoms with Gasteiger partial charge in [0.05, 0.1) is 7.11 Å². The zero-order valence-corrected chi connectivity index (χ0v) is 14.5. The predicted octanol–water partition coefficient (Wildman–Crippen LogP) is 2.12. The van der Waals surface area contributed by atoms with Crippen LogP contribution in [0.2, 0.25) is 0 Å². The molecule has 3 rings (SSSR count). The summed E-state index contributed by atoms with van der Waals surface area (Å²) in [6, 6.07) is 14.1. The highest BCUT2D eigenvalue weighted by atomic mass is 16.5. The summed E-state index contributed by atoms with van der Waals surface area (Å²) < 4.78 is 5.03. The molecule has 1 fully saturated rings. The fraction of sp³-hybridized carbons (Fsp3) is 0.368. The summed E-state index contributed by atoms with van der Waals surface area (Å²) >= 11 is 0. The summed E-state index contributed by atoms with van der Waals surface area (Å²) in [5.41, 5.74) is 2.27. The van der Waals surface area contributed by atoms with E-state index in [4.69, 9.17) is 4.74 Å². The Hall–Kier alpha value is -2.60. The second-order valence-electron chi connectivity index (χ2n) is 6.12. The van der Waals surface area contributed by atoms with Crippen LogP contribution in [0.25, 0.3) is 0 Å². The fourth-order valence-electron chi connectivity index (χ4n) is 2.88. The molecule has 0 aliphatic carbocycles. The van der Waals surface area contributed by atoms with Crippen molar-refractivity contribution in [2.45, 2.75) is 13.1 Å². The van der Waals surface area contributed by atoms with E-state index in [1.807, 2.05) is 17.0 Å². The number of hydrogen-bond donors (Lipinski definition) is 1. The van der Waals surface area contributed by atoms with Crippen molar-refractivity contribution in [3.05, 3.63) is 59.8 Å². The van der Waals surface area contributed by atoms with Crippen LogP contribution in [0.4, 0.5) is 4.79 Å². The number of aromatic nitrogens is 1. The Kier molecular flexibility index (Phi) is 5.85. The Labute approximate surface area is 148 Å². The monoisotopic (exact) mass is 340 g/mol. The lowest BCUT2D eigenvalue weighted by molar-refractivity contribution is 0.135. The van der Waals surface area contributed by atoms with Crippen LogP contribution in [-0.4, -0.2) is 54.1 Å². The van der Waals surface area contributed by atoms with Crippen molar-refractivity contribution < 1.29 is 9.53 Å². The van der Waals surface area contributed by atoms with Crippen LogP contribution in [0, 0.1) is 0 Å². The van der Waals surface area contributed by atoms with Gasteiger partial charge in [0.2, 0.25) is 5.88 Å². The van der Waals surface area contributed by atoms with E-state index in [0.717, 1.165) is 38.3 Å². The van der Waals surface area contributed by atoms with E-state index in [-0.39, 0.29) is 6.03 Å². The molecule has 0 saturated carbocycles. The number of carbonyl (C=O) groups is 1. The molecule has 0 unspecified atom stereocenters. The SMILES string of the molecule is COc1ccc(CNC(=O)N2CCN(Cc3ccccc3)CC2)cn1. The van der Waals surface area contributed by atoms with Gasteiger partial charge in [-0.1, -0.05) is 36.4 Å². The molecule has 25 heavy (non-hydrogen) atoms. The molecule has 6 nitrogen and oxygen atoms in total. The molecule has 1 aromatic heterocycles. The molecule has 2 aromatic rings. The highest BCUT2D eigenvalue weighted by molar-refractivity contribution is 5.74. The third kappa shape index (κ3) is 4.93. The summed E-state index contributed by atoms with van der Waals surface area (Å²) in [6.07, 6.45) is 1.72. The van der Waals surface area contributed by atoms with E-state index in [0.29, 0.717) is 12.4 Å². The van der Waals surface area contributed by atoms with E-state index < -0.39 is 0 Å². The molecule has 1 aromatic carbocycles. The van der Waals surface area contributed by atoms with Crippen LogP contribution in [-0.2, 0) is 13.1 Å². The largest absolute Gasteiger partial charge is 0.481 e. The maximum Gasteiger partial charge on any atom is 0.317 e. The van der Waals surface area contributed by atoms with Crippen molar-refractivity contribution in [1.29, 1.82) is 0 Å². The molecule has 1 N–H and O–H groups in total. The number of benzene rings is 1. The molecule has 0 radical (unpaired) electrons. The van der Waals surface area contributed by atoms with Gasteiger partial charge in [0.1, 0.15) is 0 Å². The van der Waals surface area contributed by atoms with Gasteiger partial charge in [0, 0.05) is 51.5 Å². The smallest absolute Gasteiger partial charge is 0.317 e. The minimum Gasteiger partial charge on any atom is -0.481 e. The second-order valence-corrected chi connectivity index (χ2v) is 6.12. The van der Waals surface area contributed by atoms with E-state index in [2.05, 4.69) is 39.5 Å². The van der Waals surface area contributed by atoms with Crippen molar-refractivity contribution in [3.8, 4) is 5.88 Å². The molecule has 2 amide bonds. The number of hydrogen-bond acceptors (Lipinski definition) is 4. The average Bonchev–Trinajstić information content (AvgIpc) is 2.68. The second kappa shape index (κ2) is 8.48. The third-order valence-electron chi connectivity index (χ3n) is 4.36. The average molecular weight is 340 g/mol. The van der Waals surface area contributed by atoms with Crippen molar-refractivity contribution >= 4 is 6.03 Å². The van der Waals surface area contributed by atoms with Crippen LogP contribution in [0.15, 0.2) is 48.7 Å². The van der Waals surface area contributed by atoms with Gasteiger partial charge in [-0.2, -0.15) is 0 Å². The van der Waals surface area contributed by atoms with Gasteiger partial charge in [-0.25, -0.2) is 9.78 Å². The fourth-order valence-corrected chi connectivity index (χ4v) is 2.88. The van der Waals surface area contributed by atoms with Crippen LogP contribution in [0.3, 0.4) is 0 Å². The Morgan fingerprint density at radius 1 is 1.08 bits per heavy atom. The van der Waals surface area contributed by atoms with Gasteiger partial charge in [-0.05, 0) is 11.1 Å². The topological polar surface area (TPSA) is 57.7 Å². The van der Waals surface area contributed by atoms with Gasteiger partial charge in [0.25, 0.3) is 0 Å². The number of pyridine rings is 1. The van der Waals surface area contributed by atoms with Gasteiger partial charge >= 0.3 is 6.03 Å². The molecule has 1 saturated heterocycles. The van der Waals surface area contributed by atoms with Gasteiger partial charge in [-0.3, -0.25) is 4.90 Å². The lowest BCUT2D eigenvalue weighted by Crippen LogP contribution is -2.51. The summed E-state index contributed by atoms with van der Waals surface area (Å²) in [6.45, 7) is 4.70. The first-order valence-electron chi connectivity index (χ1n) is 8.52. The van der Waals surface area contributed by atoms with Gasteiger partial charge < -0.3 is 15.0 Å². The number of methoxy groups -OCH3 is 1. The minimum atomic E-state index is -0.0184. The number of amides is 2. The van der Waals surface area contributed by atoms with Crippen LogP contribution in [0.1, 0.15) is 11.1 Å². The van der Waals surface area contributed by atoms with Crippen molar-refractivity contribution in [1.82, 2.24) is 20.1 Å². The quantitative estimate of drug-likeness (QED) is 0.906. The maximum absolute atomic E-state index is 12.3. The van der Waals surface area contributed by atoms with E-state index in [9.17, 15) is 4.79 Å². The minimum absolute atomic E-state index is 0.0184. The highest BCUT2D eigenvalue weighted by Gasteiger charge is 2.20. The van der Waals surface area contributed by atoms with E-state index in [1.54, 1.807) is 19.4 Å². The summed E-state index contributed by atoms with van der Waals surface area (Å²) in [7, 11) is 1.58. The first-order chi connectivity index (χ1) is 12.2. The summed E-state index contributed by atoms with van der Waals surface area (Å²) in [4.78, 5) is 20.7. The Morgan fingerprint density at radius 3 is 2.48 bits per heavy atom. The molecule has 2 heterocycles. The normalized spacial score (nSPS) is 15.0. The van der Waals surface area contributed by atoms with E-state index in [1.165, 1.54) is 5.56 Å². The summed E-state index contributed by atoms with van der Waals surface area (Å²) in [5, 5.41) is 2.96. The van der Waals surface area contributed by atoms with Crippen molar-refractivity contribution in [2.24, 2.45) is 0 Å². The number of nitrogens with one attached hydrogen (secondary N) is 1. The number of piperazine rings is 1. The molecule has 1 aliphatic heterocycles. The highest BCUT2D eigenvalue weighted by Crippen LogP contribution is 2.09. The Morgan fingerprint density at radius 2 is 1.84 bits per heavy atom. The first kappa shape index (κ1) is 17.2. The van der Waals surface area contributed by atoms with Crippen LogP contribution >= 0.6 is 0 Å². The van der Waals surface area contributed by atoms with Crippen molar-refractivity contribution in [2.75, 3.05) is 33.3 Å². The standard InChI is InChI=1S/C19H24N4O2/c1-25-18-8-7-17(13-20-18)14-21-19(24)23-11-9-22(10-12-23)15-16-5-3-2-4-6-16/h2-8,13H,9-12,14-15H2,1H3,(H,21,24). The van der Waals surface area contributed by atoms with E-state index >= 15 is 0 Å². The molecule has 0 spiro atoms. The molecule has 6 heteroatoms.